The Balaban J connectivity index is 1.89. The third-order valence-corrected chi connectivity index (χ3v) is 15.4. The lowest BCUT2D eigenvalue weighted by atomic mass is 9.95. The fraction of sp³-hybridized carbons (Fsp3) is 0.966. The fourth-order valence-corrected chi connectivity index (χ4v) is 10.5. The predicted molar refractivity (Wildman–Crippen MR) is 291 cm³/mol. The molecule has 2 fully saturated rings. The minimum Gasteiger partial charge on any atom is -0.394 e. The zero-order chi connectivity index (χ0) is 55.1. The maximum Gasteiger partial charge on any atom is 0.249 e. The standard InChI is InChI=1S/C58H112N2O15/c1-4-6-8-10-12-14-16-18-20-21-22-23-25-27-29-31-33-35-37-39-46(65)56(71)60-44(50(66)45(64)38-36-34-32-30-28-26-24-19-17-15-13-11-9-7-5-2)42-72-58-54(70)53(69)55(48(41-62)74-58)75-57-49(59-43(3)63)52(68)51(67)47(40-61)73-57/h44-55,57-58,61-62,64-70H,4-42H2,1-3H3,(H,59,63)(H,60,71). The molecule has 0 saturated carbocycles. The van der Waals surface area contributed by atoms with Crippen molar-refractivity contribution in [1.82, 2.24) is 10.6 Å². The van der Waals surface area contributed by atoms with Gasteiger partial charge >= 0.3 is 0 Å². The Morgan fingerprint density at radius 3 is 1.28 bits per heavy atom. The third kappa shape index (κ3) is 30.0. The molecule has 0 aromatic carbocycles. The van der Waals surface area contributed by atoms with Crippen LogP contribution in [0.1, 0.15) is 252 Å². The summed E-state index contributed by atoms with van der Waals surface area (Å²) in [6.45, 7) is 3.61. The smallest absolute Gasteiger partial charge is 0.249 e. The lowest BCUT2D eigenvalue weighted by Crippen LogP contribution is -2.67. The van der Waals surface area contributed by atoms with E-state index in [0.29, 0.717) is 12.8 Å². The van der Waals surface area contributed by atoms with Crippen LogP contribution in [0, 0.1) is 0 Å². The summed E-state index contributed by atoms with van der Waals surface area (Å²) in [6, 6.07) is -2.67. The number of amides is 2. The summed E-state index contributed by atoms with van der Waals surface area (Å²) in [5, 5.41) is 102. The Kier molecular flexibility index (Phi) is 41.0. The van der Waals surface area contributed by atoms with Gasteiger partial charge in [-0.15, -0.1) is 0 Å². The molecular formula is C58H112N2O15. The molecule has 0 aromatic heterocycles. The quantitative estimate of drug-likeness (QED) is 0.0265. The number of nitrogens with one attached hydrogen (secondary N) is 2. The summed E-state index contributed by atoms with van der Waals surface area (Å²) in [7, 11) is 0. The highest BCUT2D eigenvalue weighted by molar-refractivity contribution is 5.80. The first-order chi connectivity index (χ1) is 36.3. The largest absolute Gasteiger partial charge is 0.394 e. The molecule has 444 valence electrons. The van der Waals surface area contributed by atoms with Gasteiger partial charge in [0.2, 0.25) is 11.8 Å². The van der Waals surface area contributed by atoms with Gasteiger partial charge in [-0.05, 0) is 12.8 Å². The van der Waals surface area contributed by atoms with E-state index in [0.717, 1.165) is 51.9 Å². The van der Waals surface area contributed by atoms with Crippen molar-refractivity contribution in [1.29, 1.82) is 0 Å². The number of ether oxygens (including phenoxy) is 4. The molecule has 14 atom stereocenters. The minimum absolute atomic E-state index is 0.203. The summed E-state index contributed by atoms with van der Waals surface area (Å²) in [4.78, 5) is 25.4. The monoisotopic (exact) mass is 1080 g/mol. The van der Waals surface area contributed by atoms with Crippen LogP contribution < -0.4 is 10.6 Å². The minimum atomic E-state index is -1.86. The summed E-state index contributed by atoms with van der Waals surface area (Å²) < 4.78 is 23.2. The summed E-state index contributed by atoms with van der Waals surface area (Å²) in [5.41, 5.74) is 0. The van der Waals surface area contributed by atoms with Crippen molar-refractivity contribution in [3.05, 3.63) is 0 Å². The van der Waals surface area contributed by atoms with Gasteiger partial charge in [0.25, 0.3) is 0 Å². The van der Waals surface area contributed by atoms with Crippen LogP contribution in [-0.4, -0.2) is 163 Å². The number of aliphatic hydroxyl groups is 9. The zero-order valence-electron chi connectivity index (χ0n) is 47.1. The molecule has 2 amide bonds. The highest BCUT2D eigenvalue weighted by Crippen LogP contribution is 2.30. The number of aliphatic hydroxyl groups excluding tert-OH is 9. The second-order valence-electron chi connectivity index (χ2n) is 22.2. The summed E-state index contributed by atoms with van der Waals surface area (Å²) >= 11 is 0. The first-order valence-electron chi connectivity index (χ1n) is 30.4. The maximum absolute atomic E-state index is 13.4. The van der Waals surface area contributed by atoms with E-state index < -0.39 is 117 Å². The van der Waals surface area contributed by atoms with Gasteiger partial charge in [0.1, 0.15) is 61.0 Å². The van der Waals surface area contributed by atoms with Gasteiger partial charge in [-0.3, -0.25) is 9.59 Å². The number of hydrogen-bond donors (Lipinski definition) is 11. The first-order valence-corrected chi connectivity index (χ1v) is 30.4. The molecule has 0 bridgehead atoms. The maximum atomic E-state index is 13.4. The van der Waals surface area contributed by atoms with E-state index >= 15 is 0 Å². The summed E-state index contributed by atoms with van der Waals surface area (Å²) in [6.07, 6.45) is 22.9. The highest BCUT2D eigenvalue weighted by atomic mass is 16.7. The van der Waals surface area contributed by atoms with E-state index in [1.165, 1.54) is 161 Å². The van der Waals surface area contributed by atoms with Crippen molar-refractivity contribution in [3.8, 4) is 0 Å². The van der Waals surface area contributed by atoms with E-state index in [9.17, 15) is 55.5 Å². The van der Waals surface area contributed by atoms with Crippen molar-refractivity contribution in [3.63, 3.8) is 0 Å². The number of carbonyl (C=O) groups is 2. The fourth-order valence-electron chi connectivity index (χ4n) is 10.5. The SMILES string of the molecule is CCCCCCCCCCCCCCCCCCCCCC(O)C(=O)NC(COC1OC(CO)C(OC2OC(CO)C(O)C(O)C2NC(C)=O)C(O)C1O)C(O)C(O)CCCCCCCCCCCCCCCCC. The Morgan fingerprint density at radius 2 is 0.880 bits per heavy atom. The van der Waals surface area contributed by atoms with Gasteiger partial charge < -0.3 is 75.5 Å². The average Bonchev–Trinajstić information content (AvgIpc) is 3.40. The third-order valence-electron chi connectivity index (χ3n) is 15.4. The van der Waals surface area contributed by atoms with Crippen molar-refractivity contribution in [2.24, 2.45) is 0 Å². The van der Waals surface area contributed by atoms with Crippen LogP contribution in [0.4, 0.5) is 0 Å². The number of carbonyl (C=O) groups excluding carboxylic acids is 2. The van der Waals surface area contributed by atoms with Crippen molar-refractivity contribution in [2.75, 3.05) is 19.8 Å². The molecule has 0 aliphatic carbocycles. The predicted octanol–water partition coefficient (Wildman–Crippen LogP) is 7.42. The zero-order valence-corrected chi connectivity index (χ0v) is 47.1. The van der Waals surface area contributed by atoms with E-state index in [1.807, 2.05) is 0 Å². The molecule has 14 unspecified atom stereocenters. The van der Waals surface area contributed by atoms with Crippen molar-refractivity contribution >= 4 is 11.8 Å². The molecule has 17 nitrogen and oxygen atoms in total. The van der Waals surface area contributed by atoms with E-state index in [2.05, 4.69) is 24.5 Å². The van der Waals surface area contributed by atoms with Crippen LogP contribution >= 0.6 is 0 Å². The molecule has 2 aliphatic heterocycles. The molecule has 2 heterocycles. The van der Waals surface area contributed by atoms with E-state index in [4.69, 9.17) is 18.9 Å². The number of hydrogen-bond acceptors (Lipinski definition) is 15. The molecule has 11 N–H and O–H groups in total. The Morgan fingerprint density at radius 1 is 0.493 bits per heavy atom. The molecule has 0 radical (unpaired) electrons. The Labute approximate surface area is 453 Å². The molecule has 2 aliphatic rings. The molecule has 0 aromatic rings. The number of rotatable bonds is 48. The van der Waals surface area contributed by atoms with Crippen LogP contribution in [0.25, 0.3) is 0 Å². The number of unbranched alkanes of at least 4 members (excludes halogenated alkanes) is 32. The molecule has 17 heteroatoms. The van der Waals surface area contributed by atoms with Crippen LogP contribution in [0.5, 0.6) is 0 Å². The van der Waals surface area contributed by atoms with E-state index in [1.54, 1.807) is 0 Å². The Bertz CT molecular complexity index is 1370. The van der Waals surface area contributed by atoms with Crippen molar-refractivity contribution < 1.29 is 74.5 Å². The summed E-state index contributed by atoms with van der Waals surface area (Å²) in [5.74, 6) is -1.37. The van der Waals surface area contributed by atoms with Gasteiger partial charge in [0.15, 0.2) is 12.6 Å². The Hall–Kier alpha value is -1.58. The van der Waals surface area contributed by atoms with Gasteiger partial charge in [-0.25, -0.2) is 0 Å². The molecular weight excluding hydrogens is 965 g/mol. The highest BCUT2D eigenvalue weighted by Gasteiger charge is 2.51. The van der Waals surface area contributed by atoms with Gasteiger partial charge in [-0.1, -0.05) is 232 Å². The molecule has 2 saturated heterocycles. The molecule has 0 spiro atoms. The van der Waals surface area contributed by atoms with Crippen LogP contribution in [0.15, 0.2) is 0 Å². The van der Waals surface area contributed by atoms with E-state index in [-0.39, 0.29) is 12.8 Å². The van der Waals surface area contributed by atoms with Gasteiger partial charge in [-0.2, -0.15) is 0 Å². The van der Waals surface area contributed by atoms with Crippen LogP contribution in [0.3, 0.4) is 0 Å². The molecule has 2 rings (SSSR count). The lowest BCUT2D eigenvalue weighted by Gasteiger charge is -2.47. The van der Waals surface area contributed by atoms with Crippen LogP contribution in [0.2, 0.25) is 0 Å². The molecule has 75 heavy (non-hydrogen) atoms. The second-order valence-corrected chi connectivity index (χ2v) is 22.2. The van der Waals surface area contributed by atoms with Crippen molar-refractivity contribution in [2.45, 2.75) is 338 Å². The average molecular weight is 1080 g/mol. The van der Waals surface area contributed by atoms with Gasteiger partial charge in [0.05, 0.1) is 32.0 Å². The second kappa shape index (κ2) is 44.2. The first kappa shape index (κ1) is 69.5. The van der Waals surface area contributed by atoms with Crippen LogP contribution in [-0.2, 0) is 28.5 Å². The topological polar surface area (TPSA) is 277 Å². The van der Waals surface area contributed by atoms with Gasteiger partial charge in [0, 0.05) is 6.92 Å². The normalized spacial score (nSPS) is 25.7. The lowest BCUT2D eigenvalue weighted by molar-refractivity contribution is -0.347.